The number of thiazole rings is 1. The molecule has 100 valence electrons. The molecule has 0 radical (unpaired) electrons. The number of benzene rings is 1. The van der Waals surface area contributed by atoms with Gasteiger partial charge in [0.25, 0.3) is 0 Å². The molecule has 0 amide bonds. The third-order valence-electron chi connectivity index (χ3n) is 2.93. The first-order valence-corrected chi connectivity index (χ1v) is 7.05. The average Bonchev–Trinajstić information content (AvgIpc) is 3.06. The van der Waals surface area contributed by atoms with Crippen LogP contribution < -0.4 is 0 Å². The molecule has 0 N–H and O–H groups in total. The fourth-order valence-corrected chi connectivity index (χ4v) is 2.86. The van der Waals surface area contributed by atoms with Gasteiger partial charge in [0.05, 0.1) is 27.5 Å². The highest BCUT2D eigenvalue weighted by atomic mass is 32.1. The molecule has 0 saturated carbocycles. The molecule has 0 fully saturated rings. The van der Waals surface area contributed by atoms with Gasteiger partial charge in [0.2, 0.25) is 0 Å². The predicted octanol–water partition coefficient (Wildman–Crippen LogP) is 3.51. The fraction of sp³-hybridized carbons (Fsp3) is 0.133. The van der Waals surface area contributed by atoms with E-state index in [0.717, 1.165) is 22.0 Å². The minimum Gasteiger partial charge on any atom is -0.294 e. The maximum Gasteiger partial charge on any atom is 0.172 e. The van der Waals surface area contributed by atoms with Gasteiger partial charge in [-0.15, -0.1) is 11.3 Å². The molecule has 1 aromatic carbocycles. The van der Waals surface area contributed by atoms with Crippen LogP contribution in [0.5, 0.6) is 0 Å². The fourth-order valence-electron chi connectivity index (χ4n) is 2.03. The van der Waals surface area contributed by atoms with Crippen molar-refractivity contribution in [3.05, 3.63) is 52.6 Å². The Bertz CT molecular complexity index is 759. The number of hydrogen-bond donors (Lipinski definition) is 0. The van der Waals surface area contributed by atoms with E-state index in [2.05, 4.69) is 10.1 Å². The lowest BCUT2D eigenvalue weighted by atomic mass is 10.2. The highest BCUT2D eigenvalue weighted by Crippen LogP contribution is 2.28. The molecule has 0 atom stereocenters. The van der Waals surface area contributed by atoms with Gasteiger partial charge >= 0.3 is 0 Å². The van der Waals surface area contributed by atoms with Crippen LogP contribution in [0, 0.1) is 6.92 Å². The molecule has 0 spiro atoms. The van der Waals surface area contributed by atoms with E-state index in [1.165, 1.54) is 11.3 Å². The zero-order valence-corrected chi connectivity index (χ0v) is 12.0. The quantitative estimate of drug-likeness (QED) is 0.691. The molecule has 2 aromatic heterocycles. The highest BCUT2D eigenvalue weighted by Gasteiger charge is 2.16. The van der Waals surface area contributed by atoms with E-state index in [-0.39, 0.29) is 5.78 Å². The van der Waals surface area contributed by atoms with E-state index in [9.17, 15) is 4.79 Å². The number of carbonyl (C=O) groups excluding carboxylic acids is 1. The Morgan fingerprint density at radius 3 is 2.70 bits per heavy atom. The zero-order chi connectivity index (χ0) is 14.1. The first-order valence-electron chi connectivity index (χ1n) is 6.24. The Kier molecular flexibility index (Phi) is 3.20. The summed E-state index contributed by atoms with van der Waals surface area (Å²) in [6.07, 6.45) is 3.64. The van der Waals surface area contributed by atoms with E-state index >= 15 is 0 Å². The van der Waals surface area contributed by atoms with E-state index in [0.29, 0.717) is 4.88 Å². The van der Waals surface area contributed by atoms with Crippen molar-refractivity contribution in [1.82, 2.24) is 14.8 Å². The SMILES string of the molecule is CC(=O)c1sc(C)nc1-c1cnn(-c2ccccc2)c1. The van der Waals surface area contributed by atoms with Crippen molar-refractivity contribution in [1.29, 1.82) is 0 Å². The third kappa shape index (κ3) is 2.28. The van der Waals surface area contributed by atoms with Crippen LogP contribution in [0.4, 0.5) is 0 Å². The van der Waals surface area contributed by atoms with Crippen LogP contribution >= 0.6 is 11.3 Å². The topological polar surface area (TPSA) is 47.8 Å². The van der Waals surface area contributed by atoms with Gasteiger partial charge in [-0.3, -0.25) is 4.79 Å². The number of nitrogens with zero attached hydrogens (tertiary/aromatic N) is 3. The minimum atomic E-state index is 0.0399. The maximum absolute atomic E-state index is 11.7. The van der Waals surface area contributed by atoms with Gasteiger partial charge in [-0.05, 0) is 19.1 Å². The van der Waals surface area contributed by atoms with E-state index in [4.69, 9.17) is 0 Å². The number of aromatic nitrogens is 3. The Morgan fingerprint density at radius 1 is 1.25 bits per heavy atom. The van der Waals surface area contributed by atoms with Crippen molar-refractivity contribution in [3.63, 3.8) is 0 Å². The molecule has 5 heteroatoms. The molecular weight excluding hydrogens is 270 g/mol. The first-order chi connectivity index (χ1) is 9.65. The molecule has 3 aromatic rings. The van der Waals surface area contributed by atoms with Crippen molar-refractivity contribution in [2.45, 2.75) is 13.8 Å². The molecule has 0 aliphatic rings. The number of carbonyl (C=O) groups is 1. The Morgan fingerprint density at radius 2 is 2.00 bits per heavy atom. The van der Waals surface area contributed by atoms with Gasteiger partial charge in [-0.1, -0.05) is 18.2 Å². The monoisotopic (exact) mass is 283 g/mol. The molecule has 2 heterocycles. The lowest BCUT2D eigenvalue weighted by Crippen LogP contribution is -1.93. The summed E-state index contributed by atoms with van der Waals surface area (Å²) in [5.41, 5.74) is 2.57. The molecule has 0 bridgehead atoms. The Hall–Kier alpha value is -2.27. The van der Waals surface area contributed by atoms with Crippen LogP contribution in [0.15, 0.2) is 42.7 Å². The number of rotatable bonds is 3. The maximum atomic E-state index is 11.7. The summed E-state index contributed by atoms with van der Waals surface area (Å²) in [6, 6.07) is 9.85. The second-order valence-corrected chi connectivity index (χ2v) is 5.68. The average molecular weight is 283 g/mol. The molecule has 0 unspecified atom stereocenters. The Labute approximate surface area is 120 Å². The second kappa shape index (κ2) is 5.02. The van der Waals surface area contributed by atoms with Crippen LogP contribution in [0.1, 0.15) is 21.6 Å². The summed E-state index contributed by atoms with van der Waals surface area (Å²) in [7, 11) is 0. The number of hydrogen-bond acceptors (Lipinski definition) is 4. The minimum absolute atomic E-state index is 0.0399. The van der Waals surface area contributed by atoms with Gasteiger partial charge in [0.15, 0.2) is 5.78 Å². The molecule has 0 saturated heterocycles. The van der Waals surface area contributed by atoms with Crippen molar-refractivity contribution < 1.29 is 4.79 Å². The van der Waals surface area contributed by atoms with Crippen molar-refractivity contribution in [2.75, 3.05) is 0 Å². The second-order valence-electron chi connectivity index (χ2n) is 4.48. The molecule has 0 aliphatic carbocycles. The van der Waals surface area contributed by atoms with Crippen LogP contribution in [-0.4, -0.2) is 20.5 Å². The van der Waals surface area contributed by atoms with Crippen LogP contribution in [0.3, 0.4) is 0 Å². The van der Waals surface area contributed by atoms with Gasteiger partial charge in [-0.25, -0.2) is 9.67 Å². The number of ketones is 1. The number of aryl methyl sites for hydroxylation is 1. The highest BCUT2D eigenvalue weighted by molar-refractivity contribution is 7.14. The van der Waals surface area contributed by atoms with Crippen molar-refractivity contribution in [3.8, 4) is 16.9 Å². The third-order valence-corrected chi connectivity index (χ3v) is 4.00. The largest absolute Gasteiger partial charge is 0.294 e. The number of para-hydroxylation sites is 1. The summed E-state index contributed by atoms with van der Waals surface area (Å²) >= 11 is 1.42. The smallest absolute Gasteiger partial charge is 0.172 e. The molecule has 20 heavy (non-hydrogen) atoms. The zero-order valence-electron chi connectivity index (χ0n) is 11.2. The van der Waals surface area contributed by atoms with Crippen molar-refractivity contribution in [2.24, 2.45) is 0 Å². The first kappa shape index (κ1) is 12.7. The lowest BCUT2D eigenvalue weighted by molar-refractivity contribution is 0.102. The standard InChI is InChI=1S/C15H13N3OS/c1-10(19)15-14(17-11(2)20-15)12-8-16-18(9-12)13-6-4-3-5-7-13/h3-9H,1-2H3. The number of Topliss-reactive ketones (excluding diaryl/α,β-unsaturated/α-hetero) is 1. The normalized spacial score (nSPS) is 10.7. The van der Waals surface area contributed by atoms with E-state index < -0.39 is 0 Å². The Balaban J connectivity index is 2.05. The summed E-state index contributed by atoms with van der Waals surface area (Å²) in [6.45, 7) is 3.47. The van der Waals surface area contributed by atoms with E-state index in [1.54, 1.807) is 17.8 Å². The summed E-state index contributed by atoms with van der Waals surface area (Å²) in [5, 5.41) is 5.23. The van der Waals surface area contributed by atoms with Gasteiger partial charge in [0.1, 0.15) is 0 Å². The predicted molar refractivity (Wildman–Crippen MR) is 79.4 cm³/mol. The summed E-state index contributed by atoms with van der Waals surface area (Å²) in [5.74, 6) is 0.0399. The van der Waals surface area contributed by atoms with Crippen LogP contribution in [-0.2, 0) is 0 Å². The molecule has 4 nitrogen and oxygen atoms in total. The lowest BCUT2D eigenvalue weighted by Gasteiger charge is -1.99. The van der Waals surface area contributed by atoms with Gasteiger partial charge in [-0.2, -0.15) is 5.10 Å². The molecular formula is C15H13N3OS. The molecule has 3 rings (SSSR count). The van der Waals surface area contributed by atoms with E-state index in [1.807, 2.05) is 43.5 Å². The summed E-state index contributed by atoms with van der Waals surface area (Å²) < 4.78 is 1.79. The van der Waals surface area contributed by atoms with Gasteiger partial charge in [0, 0.05) is 18.7 Å². The van der Waals surface area contributed by atoms with Crippen LogP contribution in [0.2, 0.25) is 0 Å². The van der Waals surface area contributed by atoms with Crippen molar-refractivity contribution >= 4 is 17.1 Å². The summed E-state index contributed by atoms with van der Waals surface area (Å²) in [4.78, 5) is 16.8. The van der Waals surface area contributed by atoms with Gasteiger partial charge < -0.3 is 0 Å². The molecule has 0 aliphatic heterocycles. The van der Waals surface area contributed by atoms with Crippen LogP contribution in [0.25, 0.3) is 16.9 Å².